The lowest BCUT2D eigenvalue weighted by atomic mass is 10.2. The summed E-state index contributed by atoms with van der Waals surface area (Å²) < 4.78 is 42.4. The Balaban J connectivity index is 2.53. The van der Waals surface area contributed by atoms with Gasteiger partial charge in [0.25, 0.3) is 0 Å². The van der Waals surface area contributed by atoms with Crippen molar-refractivity contribution in [2.45, 2.75) is 38.6 Å². The summed E-state index contributed by atoms with van der Waals surface area (Å²) in [5, 5.41) is 3.04. The van der Waals surface area contributed by atoms with Crippen molar-refractivity contribution >= 4 is 5.91 Å². The summed E-state index contributed by atoms with van der Waals surface area (Å²) in [5.41, 5.74) is 0. The maximum absolute atomic E-state index is 12.4. The standard InChI is InChI=1S/C11H19F3N2O2/c1-8(2)16(7-11(12,13)14)10(17)5-9-6-15-3-4-18-9/h8-9,15H,3-7H2,1-2H3. The molecule has 0 bridgehead atoms. The summed E-state index contributed by atoms with van der Waals surface area (Å²) in [4.78, 5) is 12.7. The molecule has 0 aromatic rings. The quantitative estimate of drug-likeness (QED) is 0.832. The molecule has 1 amide bonds. The number of halogens is 3. The molecule has 1 unspecified atom stereocenters. The molecule has 0 radical (unpaired) electrons. The van der Waals surface area contributed by atoms with Gasteiger partial charge in [-0.1, -0.05) is 0 Å². The predicted molar refractivity (Wildman–Crippen MR) is 60.1 cm³/mol. The van der Waals surface area contributed by atoms with Crippen LogP contribution in [0.25, 0.3) is 0 Å². The van der Waals surface area contributed by atoms with Crippen LogP contribution >= 0.6 is 0 Å². The lowest BCUT2D eigenvalue weighted by Gasteiger charge is -2.30. The van der Waals surface area contributed by atoms with Crippen LogP contribution in [0.5, 0.6) is 0 Å². The van der Waals surface area contributed by atoms with Crippen LogP contribution in [0.1, 0.15) is 20.3 Å². The second kappa shape index (κ2) is 6.38. The van der Waals surface area contributed by atoms with Gasteiger partial charge in [-0.15, -0.1) is 0 Å². The lowest BCUT2D eigenvalue weighted by Crippen LogP contribution is -2.47. The van der Waals surface area contributed by atoms with Crippen molar-refractivity contribution in [1.29, 1.82) is 0 Å². The second-order valence-electron chi connectivity index (χ2n) is 4.63. The number of hydrogen-bond acceptors (Lipinski definition) is 3. The van der Waals surface area contributed by atoms with E-state index in [-0.39, 0.29) is 12.5 Å². The molecule has 4 nitrogen and oxygen atoms in total. The number of nitrogens with zero attached hydrogens (tertiary/aromatic N) is 1. The Hall–Kier alpha value is -0.820. The zero-order valence-electron chi connectivity index (χ0n) is 10.6. The Morgan fingerprint density at radius 1 is 1.50 bits per heavy atom. The van der Waals surface area contributed by atoms with E-state index in [0.717, 1.165) is 4.90 Å². The van der Waals surface area contributed by atoms with Crippen LogP contribution in [0, 0.1) is 0 Å². The zero-order chi connectivity index (χ0) is 13.8. The topological polar surface area (TPSA) is 41.6 Å². The van der Waals surface area contributed by atoms with E-state index < -0.39 is 24.7 Å². The summed E-state index contributed by atoms with van der Waals surface area (Å²) in [5.74, 6) is -0.518. The summed E-state index contributed by atoms with van der Waals surface area (Å²) >= 11 is 0. The van der Waals surface area contributed by atoms with E-state index in [1.165, 1.54) is 0 Å². The van der Waals surface area contributed by atoms with Crippen molar-refractivity contribution < 1.29 is 22.7 Å². The van der Waals surface area contributed by atoms with Crippen molar-refractivity contribution in [3.8, 4) is 0 Å². The number of morpholine rings is 1. The number of ether oxygens (including phenoxy) is 1. The first kappa shape index (κ1) is 15.2. The van der Waals surface area contributed by atoms with Gasteiger partial charge in [-0.25, -0.2) is 0 Å². The normalized spacial score (nSPS) is 21.1. The minimum Gasteiger partial charge on any atom is -0.375 e. The minimum atomic E-state index is -4.37. The number of carbonyl (C=O) groups excluding carboxylic acids is 1. The molecule has 1 N–H and O–H groups in total. The molecular formula is C11H19F3N2O2. The Bertz CT molecular complexity index is 276. The molecule has 0 aromatic carbocycles. The van der Waals surface area contributed by atoms with Gasteiger partial charge in [0.15, 0.2) is 0 Å². The van der Waals surface area contributed by atoms with Crippen molar-refractivity contribution in [3.05, 3.63) is 0 Å². The fourth-order valence-corrected chi connectivity index (χ4v) is 1.81. The molecule has 7 heteroatoms. The number of nitrogens with one attached hydrogen (secondary N) is 1. The fraction of sp³-hybridized carbons (Fsp3) is 0.909. The largest absolute Gasteiger partial charge is 0.406 e. The van der Waals surface area contributed by atoms with E-state index in [2.05, 4.69) is 5.32 Å². The van der Waals surface area contributed by atoms with Crippen LogP contribution in [0.4, 0.5) is 13.2 Å². The Morgan fingerprint density at radius 2 is 2.17 bits per heavy atom. The number of rotatable bonds is 4. The molecule has 1 aliphatic rings. The molecule has 1 heterocycles. The highest BCUT2D eigenvalue weighted by molar-refractivity contribution is 5.77. The van der Waals surface area contributed by atoms with Gasteiger partial charge in [0.1, 0.15) is 6.54 Å². The highest BCUT2D eigenvalue weighted by atomic mass is 19.4. The number of alkyl halides is 3. The number of amides is 1. The van der Waals surface area contributed by atoms with Crippen molar-refractivity contribution in [1.82, 2.24) is 10.2 Å². The smallest absolute Gasteiger partial charge is 0.375 e. The maximum atomic E-state index is 12.4. The third-order valence-electron chi connectivity index (χ3n) is 2.70. The molecule has 18 heavy (non-hydrogen) atoms. The SMILES string of the molecule is CC(C)N(CC(F)(F)F)C(=O)CC1CNCCO1. The van der Waals surface area contributed by atoms with E-state index >= 15 is 0 Å². The number of hydrogen-bond donors (Lipinski definition) is 1. The molecule has 0 spiro atoms. The molecule has 1 saturated heterocycles. The van der Waals surface area contributed by atoms with Gasteiger partial charge in [-0.2, -0.15) is 13.2 Å². The van der Waals surface area contributed by atoms with Crippen LogP contribution in [0.2, 0.25) is 0 Å². The average molecular weight is 268 g/mol. The third-order valence-corrected chi connectivity index (χ3v) is 2.70. The van der Waals surface area contributed by atoms with Crippen LogP contribution in [0.15, 0.2) is 0 Å². The summed E-state index contributed by atoms with van der Waals surface area (Å²) in [7, 11) is 0. The first-order valence-corrected chi connectivity index (χ1v) is 5.98. The van der Waals surface area contributed by atoms with Crippen LogP contribution < -0.4 is 5.32 Å². The van der Waals surface area contributed by atoms with Crippen LogP contribution in [0.3, 0.4) is 0 Å². The highest BCUT2D eigenvalue weighted by Crippen LogP contribution is 2.19. The molecule has 1 rings (SSSR count). The zero-order valence-corrected chi connectivity index (χ0v) is 10.6. The molecule has 0 aliphatic carbocycles. The molecular weight excluding hydrogens is 249 g/mol. The second-order valence-corrected chi connectivity index (χ2v) is 4.63. The van der Waals surface area contributed by atoms with Crippen LogP contribution in [-0.4, -0.2) is 55.4 Å². The van der Waals surface area contributed by atoms with Gasteiger partial charge < -0.3 is 15.0 Å². The van der Waals surface area contributed by atoms with Crippen LogP contribution in [-0.2, 0) is 9.53 Å². The maximum Gasteiger partial charge on any atom is 0.406 e. The molecule has 1 atom stereocenters. The van der Waals surface area contributed by atoms with Crippen molar-refractivity contribution in [2.24, 2.45) is 0 Å². The van der Waals surface area contributed by atoms with Gasteiger partial charge in [-0.3, -0.25) is 4.79 Å². The first-order chi connectivity index (χ1) is 8.29. The minimum absolute atomic E-state index is 0.0126. The molecule has 1 fully saturated rings. The molecule has 0 aromatic heterocycles. The highest BCUT2D eigenvalue weighted by Gasteiger charge is 2.35. The molecule has 1 aliphatic heterocycles. The molecule has 0 saturated carbocycles. The Morgan fingerprint density at radius 3 is 2.61 bits per heavy atom. The third kappa shape index (κ3) is 5.22. The van der Waals surface area contributed by atoms with Gasteiger partial charge in [0, 0.05) is 19.1 Å². The van der Waals surface area contributed by atoms with E-state index in [1.807, 2.05) is 0 Å². The van der Waals surface area contributed by atoms with E-state index in [1.54, 1.807) is 13.8 Å². The van der Waals surface area contributed by atoms with E-state index in [4.69, 9.17) is 4.74 Å². The Labute approximate surface area is 104 Å². The first-order valence-electron chi connectivity index (χ1n) is 5.98. The van der Waals surface area contributed by atoms with Crippen molar-refractivity contribution in [2.75, 3.05) is 26.2 Å². The lowest BCUT2D eigenvalue weighted by molar-refractivity contribution is -0.166. The van der Waals surface area contributed by atoms with Gasteiger partial charge >= 0.3 is 6.18 Å². The van der Waals surface area contributed by atoms with Gasteiger partial charge in [0.2, 0.25) is 5.91 Å². The summed E-state index contributed by atoms with van der Waals surface area (Å²) in [6, 6.07) is -0.476. The van der Waals surface area contributed by atoms with Crippen molar-refractivity contribution in [3.63, 3.8) is 0 Å². The monoisotopic (exact) mass is 268 g/mol. The number of carbonyl (C=O) groups is 1. The fourth-order valence-electron chi connectivity index (χ4n) is 1.81. The average Bonchev–Trinajstić information content (AvgIpc) is 2.25. The van der Waals surface area contributed by atoms with E-state index in [0.29, 0.717) is 19.7 Å². The summed E-state index contributed by atoms with van der Waals surface area (Å²) in [6.07, 6.45) is -4.71. The predicted octanol–water partition coefficient (Wildman–Crippen LogP) is 1.16. The summed E-state index contributed by atoms with van der Waals surface area (Å²) in [6.45, 7) is 3.64. The van der Waals surface area contributed by atoms with Gasteiger partial charge in [0.05, 0.1) is 19.1 Å². The molecule has 106 valence electrons. The van der Waals surface area contributed by atoms with E-state index in [9.17, 15) is 18.0 Å². The Kier molecular flexibility index (Phi) is 5.40. The van der Waals surface area contributed by atoms with Gasteiger partial charge in [-0.05, 0) is 13.8 Å².